The molecule has 2 unspecified atom stereocenters. The van der Waals surface area contributed by atoms with Crippen LogP contribution in [0.1, 0.15) is 30.0 Å². The van der Waals surface area contributed by atoms with E-state index in [2.05, 4.69) is 5.32 Å². The van der Waals surface area contributed by atoms with Crippen molar-refractivity contribution in [1.29, 1.82) is 0 Å². The summed E-state index contributed by atoms with van der Waals surface area (Å²) in [7, 11) is 1.74. The number of amides is 2. The summed E-state index contributed by atoms with van der Waals surface area (Å²) in [5.41, 5.74) is 1.66. The third-order valence-corrected chi connectivity index (χ3v) is 4.69. The number of carbonyl (C=O) groups excluding carboxylic acids is 2. The molecule has 2 aromatic carbocycles. The first-order valence-electron chi connectivity index (χ1n) is 8.39. The van der Waals surface area contributed by atoms with Crippen LogP contribution in [0.25, 0.3) is 0 Å². The first-order valence-corrected chi connectivity index (χ1v) is 8.39. The van der Waals surface area contributed by atoms with Gasteiger partial charge in [-0.1, -0.05) is 42.5 Å². The molecule has 1 heterocycles. The summed E-state index contributed by atoms with van der Waals surface area (Å²) in [6.45, 7) is 0.270. The van der Waals surface area contributed by atoms with Crippen molar-refractivity contribution in [3.05, 3.63) is 71.5 Å². The Hall–Kier alpha value is -2.69. The highest BCUT2D eigenvalue weighted by Gasteiger charge is 2.38. The minimum absolute atomic E-state index is 0.0445. The van der Waals surface area contributed by atoms with Gasteiger partial charge in [-0.3, -0.25) is 9.59 Å². The normalized spacial score (nSPS) is 20.4. The van der Waals surface area contributed by atoms with Gasteiger partial charge in [0.05, 0.1) is 12.0 Å². The SMILES string of the molecule is CN1C(=O)CCC(C(=O)NCc2cccc(F)c2)C1c1ccccc1. The summed E-state index contributed by atoms with van der Waals surface area (Å²) in [5, 5.41) is 2.89. The Labute approximate surface area is 146 Å². The van der Waals surface area contributed by atoms with Gasteiger partial charge >= 0.3 is 0 Å². The molecule has 0 bridgehead atoms. The maximum Gasteiger partial charge on any atom is 0.225 e. The molecule has 0 radical (unpaired) electrons. The van der Waals surface area contributed by atoms with Gasteiger partial charge in [0.25, 0.3) is 0 Å². The zero-order valence-corrected chi connectivity index (χ0v) is 14.1. The molecular weight excluding hydrogens is 319 g/mol. The standard InChI is InChI=1S/C20H21FN2O2/c1-23-18(24)11-10-17(19(23)15-7-3-2-4-8-15)20(25)22-13-14-6-5-9-16(21)12-14/h2-9,12,17,19H,10-11,13H2,1H3,(H,22,25). The van der Waals surface area contributed by atoms with Crippen LogP contribution in [0, 0.1) is 11.7 Å². The van der Waals surface area contributed by atoms with Crippen LogP contribution in [-0.4, -0.2) is 23.8 Å². The Balaban J connectivity index is 1.76. The predicted octanol–water partition coefficient (Wildman–Crippen LogP) is 3.05. The second kappa shape index (κ2) is 7.47. The van der Waals surface area contributed by atoms with Crippen molar-refractivity contribution >= 4 is 11.8 Å². The number of hydrogen-bond donors (Lipinski definition) is 1. The monoisotopic (exact) mass is 340 g/mol. The quantitative estimate of drug-likeness (QED) is 0.930. The number of carbonyl (C=O) groups is 2. The van der Waals surface area contributed by atoms with Crippen LogP contribution in [0.3, 0.4) is 0 Å². The van der Waals surface area contributed by atoms with Crippen LogP contribution in [0.15, 0.2) is 54.6 Å². The molecule has 1 saturated heterocycles. The van der Waals surface area contributed by atoms with Gasteiger partial charge in [-0.15, -0.1) is 0 Å². The van der Waals surface area contributed by atoms with E-state index in [0.717, 1.165) is 5.56 Å². The van der Waals surface area contributed by atoms with Crippen molar-refractivity contribution in [3.63, 3.8) is 0 Å². The average Bonchev–Trinajstić information content (AvgIpc) is 2.62. The highest BCUT2D eigenvalue weighted by atomic mass is 19.1. The third-order valence-electron chi connectivity index (χ3n) is 4.69. The number of piperidine rings is 1. The molecule has 2 amide bonds. The highest BCUT2D eigenvalue weighted by molar-refractivity contribution is 5.84. The summed E-state index contributed by atoms with van der Waals surface area (Å²) in [6.07, 6.45) is 0.871. The van der Waals surface area contributed by atoms with Gasteiger partial charge in [0.1, 0.15) is 5.82 Å². The average molecular weight is 340 g/mol. The molecule has 25 heavy (non-hydrogen) atoms. The zero-order chi connectivity index (χ0) is 17.8. The Morgan fingerprint density at radius 3 is 2.68 bits per heavy atom. The highest BCUT2D eigenvalue weighted by Crippen LogP contribution is 2.35. The van der Waals surface area contributed by atoms with E-state index in [-0.39, 0.29) is 36.1 Å². The molecule has 3 rings (SSSR count). The molecule has 2 aromatic rings. The molecule has 1 N–H and O–H groups in total. The van der Waals surface area contributed by atoms with Crippen LogP contribution in [0.2, 0.25) is 0 Å². The van der Waals surface area contributed by atoms with E-state index in [0.29, 0.717) is 18.4 Å². The number of likely N-dealkylation sites (tertiary alicyclic amines) is 1. The maximum atomic E-state index is 13.3. The second-order valence-electron chi connectivity index (χ2n) is 6.35. The maximum absolute atomic E-state index is 13.3. The van der Waals surface area contributed by atoms with E-state index in [1.54, 1.807) is 24.1 Å². The zero-order valence-electron chi connectivity index (χ0n) is 14.1. The summed E-state index contributed by atoms with van der Waals surface area (Å²) < 4.78 is 13.3. The van der Waals surface area contributed by atoms with Gasteiger partial charge in [-0.25, -0.2) is 4.39 Å². The predicted molar refractivity (Wildman–Crippen MR) is 92.9 cm³/mol. The molecule has 130 valence electrons. The van der Waals surface area contributed by atoms with Crippen molar-refractivity contribution in [3.8, 4) is 0 Å². The lowest BCUT2D eigenvalue weighted by atomic mass is 9.84. The van der Waals surface area contributed by atoms with E-state index in [1.807, 2.05) is 30.3 Å². The van der Waals surface area contributed by atoms with Gasteiger partial charge in [-0.05, 0) is 29.7 Å². The van der Waals surface area contributed by atoms with Gasteiger partial charge in [0.2, 0.25) is 11.8 Å². The van der Waals surface area contributed by atoms with Crippen molar-refractivity contribution in [2.24, 2.45) is 5.92 Å². The Bertz CT molecular complexity index is 763. The minimum Gasteiger partial charge on any atom is -0.352 e. The molecule has 0 aliphatic carbocycles. The fourth-order valence-electron chi connectivity index (χ4n) is 3.39. The number of benzene rings is 2. The molecule has 1 aliphatic rings. The van der Waals surface area contributed by atoms with Crippen LogP contribution in [-0.2, 0) is 16.1 Å². The molecule has 1 fully saturated rings. The number of rotatable bonds is 4. The molecule has 4 nitrogen and oxygen atoms in total. The summed E-state index contributed by atoms with van der Waals surface area (Å²) >= 11 is 0. The van der Waals surface area contributed by atoms with Crippen molar-refractivity contribution in [2.45, 2.75) is 25.4 Å². The lowest BCUT2D eigenvalue weighted by molar-refractivity contribution is -0.141. The number of nitrogens with zero attached hydrogens (tertiary/aromatic N) is 1. The van der Waals surface area contributed by atoms with Crippen molar-refractivity contribution in [1.82, 2.24) is 10.2 Å². The van der Waals surface area contributed by atoms with Crippen LogP contribution in [0.5, 0.6) is 0 Å². The molecule has 0 aromatic heterocycles. The van der Waals surface area contributed by atoms with Crippen LogP contribution in [0.4, 0.5) is 4.39 Å². The number of halogens is 1. The fourth-order valence-corrected chi connectivity index (χ4v) is 3.39. The number of nitrogens with one attached hydrogen (secondary N) is 1. The third kappa shape index (κ3) is 3.87. The minimum atomic E-state index is -0.322. The van der Waals surface area contributed by atoms with Gasteiger partial charge in [0.15, 0.2) is 0 Å². The molecule has 1 aliphatic heterocycles. The molecular formula is C20H21FN2O2. The van der Waals surface area contributed by atoms with E-state index in [1.165, 1.54) is 12.1 Å². The lowest BCUT2D eigenvalue weighted by Crippen LogP contribution is -2.46. The second-order valence-corrected chi connectivity index (χ2v) is 6.35. The van der Waals surface area contributed by atoms with Gasteiger partial charge < -0.3 is 10.2 Å². The lowest BCUT2D eigenvalue weighted by Gasteiger charge is -2.38. The van der Waals surface area contributed by atoms with Gasteiger partial charge in [-0.2, -0.15) is 0 Å². The van der Waals surface area contributed by atoms with E-state index < -0.39 is 0 Å². The molecule has 2 atom stereocenters. The summed E-state index contributed by atoms with van der Waals surface area (Å²) in [4.78, 5) is 26.5. The Morgan fingerprint density at radius 1 is 1.20 bits per heavy atom. The molecule has 0 spiro atoms. The molecule has 0 saturated carbocycles. The van der Waals surface area contributed by atoms with E-state index in [4.69, 9.17) is 0 Å². The summed E-state index contributed by atoms with van der Waals surface area (Å²) in [5.74, 6) is -0.712. The summed E-state index contributed by atoms with van der Waals surface area (Å²) in [6, 6.07) is 15.5. The van der Waals surface area contributed by atoms with Crippen LogP contribution < -0.4 is 5.32 Å². The van der Waals surface area contributed by atoms with Crippen LogP contribution >= 0.6 is 0 Å². The Kier molecular flexibility index (Phi) is 5.12. The number of hydrogen-bond acceptors (Lipinski definition) is 2. The fraction of sp³-hybridized carbons (Fsp3) is 0.300. The smallest absolute Gasteiger partial charge is 0.225 e. The first kappa shape index (κ1) is 17.1. The van der Waals surface area contributed by atoms with Crippen molar-refractivity contribution < 1.29 is 14.0 Å². The van der Waals surface area contributed by atoms with E-state index >= 15 is 0 Å². The largest absolute Gasteiger partial charge is 0.352 e. The van der Waals surface area contributed by atoms with E-state index in [9.17, 15) is 14.0 Å². The molecule has 5 heteroatoms. The van der Waals surface area contributed by atoms with Crippen molar-refractivity contribution in [2.75, 3.05) is 7.05 Å². The van der Waals surface area contributed by atoms with Gasteiger partial charge in [0, 0.05) is 20.0 Å². The first-order chi connectivity index (χ1) is 12.1. The topological polar surface area (TPSA) is 49.4 Å². The Morgan fingerprint density at radius 2 is 1.96 bits per heavy atom.